The molecule has 1 N–H and O–H groups in total. The minimum absolute atomic E-state index is 0.00863. The molecule has 0 bridgehead atoms. The van der Waals surface area contributed by atoms with Crippen molar-refractivity contribution in [2.75, 3.05) is 33.9 Å². The number of hydrogen-bond acceptors (Lipinski definition) is 4. The SMILES string of the molecule is COCCNC(=O)C(C)C(OC)C1CCCN1C=O. The number of nitrogens with zero attached hydrogens (tertiary/aromatic N) is 1. The zero-order chi connectivity index (χ0) is 14.3. The van der Waals surface area contributed by atoms with Crippen LogP contribution in [0.1, 0.15) is 19.8 Å². The van der Waals surface area contributed by atoms with Crippen molar-refractivity contribution in [3.63, 3.8) is 0 Å². The lowest BCUT2D eigenvalue weighted by molar-refractivity contribution is -0.133. The molecule has 0 aromatic rings. The standard InChI is InChI=1S/C13H24N2O4/c1-10(13(17)14-6-8-18-2)12(19-3)11-5-4-7-15(11)9-16/h9-12H,4-8H2,1-3H3,(H,14,17). The van der Waals surface area contributed by atoms with Gasteiger partial charge in [-0.1, -0.05) is 6.92 Å². The number of nitrogens with one attached hydrogen (secondary N) is 1. The third kappa shape index (κ3) is 4.18. The van der Waals surface area contributed by atoms with Crippen LogP contribution >= 0.6 is 0 Å². The Morgan fingerprint density at radius 1 is 1.53 bits per heavy atom. The van der Waals surface area contributed by atoms with Crippen molar-refractivity contribution in [2.24, 2.45) is 5.92 Å². The van der Waals surface area contributed by atoms with Crippen molar-refractivity contribution in [1.29, 1.82) is 0 Å². The maximum Gasteiger partial charge on any atom is 0.225 e. The van der Waals surface area contributed by atoms with E-state index in [1.165, 1.54) is 0 Å². The molecule has 0 aromatic heterocycles. The van der Waals surface area contributed by atoms with E-state index in [-0.39, 0.29) is 24.0 Å². The summed E-state index contributed by atoms with van der Waals surface area (Å²) in [5.74, 6) is -0.367. The van der Waals surface area contributed by atoms with Crippen LogP contribution in [-0.2, 0) is 19.1 Å². The normalized spacial score (nSPS) is 22.1. The highest BCUT2D eigenvalue weighted by Gasteiger charge is 2.36. The first kappa shape index (κ1) is 15.9. The first-order chi connectivity index (χ1) is 9.15. The molecular formula is C13H24N2O4. The van der Waals surface area contributed by atoms with Crippen LogP contribution in [0.5, 0.6) is 0 Å². The largest absolute Gasteiger partial charge is 0.383 e. The number of amides is 2. The second kappa shape index (κ2) is 8.12. The third-order valence-corrected chi connectivity index (χ3v) is 3.64. The molecule has 1 heterocycles. The van der Waals surface area contributed by atoms with E-state index in [1.807, 2.05) is 6.92 Å². The van der Waals surface area contributed by atoms with Crippen LogP contribution < -0.4 is 5.32 Å². The van der Waals surface area contributed by atoms with Crippen LogP contribution in [0, 0.1) is 5.92 Å². The van der Waals surface area contributed by atoms with E-state index in [1.54, 1.807) is 19.1 Å². The van der Waals surface area contributed by atoms with Crippen LogP contribution in [0.2, 0.25) is 0 Å². The van der Waals surface area contributed by atoms with Gasteiger partial charge in [0.2, 0.25) is 12.3 Å². The van der Waals surface area contributed by atoms with Crippen LogP contribution in [-0.4, -0.2) is 63.3 Å². The first-order valence-electron chi connectivity index (χ1n) is 6.66. The fourth-order valence-corrected chi connectivity index (χ4v) is 2.58. The van der Waals surface area contributed by atoms with E-state index in [9.17, 15) is 9.59 Å². The summed E-state index contributed by atoms with van der Waals surface area (Å²) in [4.78, 5) is 24.7. The second-order valence-corrected chi connectivity index (χ2v) is 4.83. The number of ether oxygens (including phenoxy) is 2. The molecule has 6 nitrogen and oxygen atoms in total. The summed E-state index contributed by atoms with van der Waals surface area (Å²) in [6.45, 7) is 3.54. The number of rotatable bonds is 8. The highest BCUT2D eigenvalue weighted by atomic mass is 16.5. The minimum atomic E-state index is -0.299. The van der Waals surface area contributed by atoms with Gasteiger partial charge in [0.25, 0.3) is 0 Å². The Morgan fingerprint density at radius 2 is 2.26 bits per heavy atom. The summed E-state index contributed by atoms with van der Waals surface area (Å²) in [6, 6.07) is -0.00863. The molecule has 0 spiro atoms. The number of carbonyl (C=O) groups is 2. The highest BCUT2D eigenvalue weighted by Crippen LogP contribution is 2.24. The van der Waals surface area contributed by atoms with E-state index < -0.39 is 0 Å². The van der Waals surface area contributed by atoms with Gasteiger partial charge in [-0.25, -0.2) is 0 Å². The first-order valence-corrected chi connectivity index (χ1v) is 6.66. The number of carbonyl (C=O) groups excluding carboxylic acids is 2. The predicted molar refractivity (Wildman–Crippen MR) is 70.6 cm³/mol. The molecule has 19 heavy (non-hydrogen) atoms. The van der Waals surface area contributed by atoms with Gasteiger partial charge in [0.05, 0.1) is 24.7 Å². The molecular weight excluding hydrogens is 248 g/mol. The van der Waals surface area contributed by atoms with E-state index in [0.29, 0.717) is 13.2 Å². The molecule has 0 saturated carbocycles. The zero-order valence-corrected chi connectivity index (χ0v) is 11.9. The third-order valence-electron chi connectivity index (χ3n) is 3.64. The smallest absolute Gasteiger partial charge is 0.225 e. The molecule has 1 fully saturated rings. The van der Waals surface area contributed by atoms with Crippen molar-refractivity contribution in [3.8, 4) is 0 Å². The predicted octanol–water partition coefficient (Wildman–Crippen LogP) is 0.0209. The molecule has 1 saturated heterocycles. The molecule has 2 amide bonds. The molecule has 3 unspecified atom stereocenters. The summed E-state index contributed by atoms with van der Waals surface area (Å²) in [6.07, 6.45) is 2.42. The van der Waals surface area contributed by atoms with Crippen molar-refractivity contribution < 1.29 is 19.1 Å². The average molecular weight is 272 g/mol. The second-order valence-electron chi connectivity index (χ2n) is 4.83. The molecule has 3 atom stereocenters. The van der Waals surface area contributed by atoms with Gasteiger partial charge in [0, 0.05) is 27.3 Å². The van der Waals surface area contributed by atoms with Crippen LogP contribution in [0.4, 0.5) is 0 Å². The van der Waals surface area contributed by atoms with E-state index in [4.69, 9.17) is 9.47 Å². The van der Waals surface area contributed by atoms with Crippen molar-refractivity contribution in [2.45, 2.75) is 31.9 Å². The van der Waals surface area contributed by atoms with Crippen LogP contribution in [0.3, 0.4) is 0 Å². The quantitative estimate of drug-likeness (QED) is 0.500. The van der Waals surface area contributed by atoms with Gasteiger partial charge >= 0.3 is 0 Å². The summed E-state index contributed by atoms with van der Waals surface area (Å²) in [5.41, 5.74) is 0. The molecule has 1 aliphatic rings. The van der Waals surface area contributed by atoms with Gasteiger partial charge in [0.15, 0.2) is 0 Å². The lowest BCUT2D eigenvalue weighted by atomic mass is 9.95. The fraction of sp³-hybridized carbons (Fsp3) is 0.846. The lowest BCUT2D eigenvalue weighted by Crippen LogP contribution is -2.47. The van der Waals surface area contributed by atoms with Crippen molar-refractivity contribution in [1.82, 2.24) is 10.2 Å². The Kier molecular flexibility index (Phi) is 6.80. The van der Waals surface area contributed by atoms with Crippen LogP contribution in [0.25, 0.3) is 0 Å². The Balaban J connectivity index is 2.57. The molecule has 6 heteroatoms. The Hall–Kier alpha value is -1.14. The number of hydrogen-bond donors (Lipinski definition) is 1. The van der Waals surface area contributed by atoms with Crippen molar-refractivity contribution >= 4 is 12.3 Å². The van der Waals surface area contributed by atoms with E-state index in [2.05, 4.69) is 5.32 Å². The molecule has 0 aromatic carbocycles. The lowest BCUT2D eigenvalue weighted by Gasteiger charge is -2.31. The van der Waals surface area contributed by atoms with Gasteiger partial charge in [-0.3, -0.25) is 9.59 Å². The van der Waals surface area contributed by atoms with E-state index >= 15 is 0 Å². The Bertz CT molecular complexity index is 298. The molecule has 0 radical (unpaired) electrons. The van der Waals surface area contributed by atoms with Crippen LogP contribution in [0.15, 0.2) is 0 Å². The topological polar surface area (TPSA) is 67.9 Å². The van der Waals surface area contributed by atoms with Gasteiger partial charge in [-0.2, -0.15) is 0 Å². The molecule has 0 aliphatic carbocycles. The molecule has 110 valence electrons. The van der Waals surface area contributed by atoms with Gasteiger partial charge in [-0.15, -0.1) is 0 Å². The highest BCUT2D eigenvalue weighted by molar-refractivity contribution is 5.79. The monoisotopic (exact) mass is 272 g/mol. The number of methoxy groups -OCH3 is 2. The Labute approximate surface area is 114 Å². The van der Waals surface area contributed by atoms with Gasteiger partial charge in [0.1, 0.15) is 0 Å². The zero-order valence-electron chi connectivity index (χ0n) is 11.9. The minimum Gasteiger partial charge on any atom is -0.383 e. The average Bonchev–Trinajstić information content (AvgIpc) is 2.88. The van der Waals surface area contributed by atoms with Gasteiger partial charge in [-0.05, 0) is 12.8 Å². The maximum absolute atomic E-state index is 12.0. The van der Waals surface area contributed by atoms with Gasteiger partial charge < -0.3 is 19.7 Å². The summed E-state index contributed by atoms with van der Waals surface area (Å²) in [7, 11) is 3.18. The number of likely N-dealkylation sites (tertiary alicyclic amines) is 1. The molecule has 1 aliphatic heterocycles. The fourth-order valence-electron chi connectivity index (χ4n) is 2.58. The summed E-state index contributed by atoms with van der Waals surface area (Å²) < 4.78 is 10.4. The van der Waals surface area contributed by atoms with Crippen molar-refractivity contribution in [3.05, 3.63) is 0 Å². The molecule has 1 rings (SSSR count). The summed E-state index contributed by atoms with van der Waals surface area (Å²) >= 11 is 0. The van der Waals surface area contributed by atoms with E-state index in [0.717, 1.165) is 25.8 Å². The Morgan fingerprint density at radius 3 is 2.84 bits per heavy atom. The summed E-state index contributed by atoms with van der Waals surface area (Å²) in [5, 5.41) is 2.80. The maximum atomic E-state index is 12.0.